The molecule has 0 bridgehead atoms. The zero-order valence-corrected chi connectivity index (χ0v) is 28.2. The molecule has 1 rings (SSSR count). The second-order valence-electron chi connectivity index (χ2n) is 12.6. The lowest BCUT2D eigenvalue weighted by atomic mass is 10.0. The maximum absolute atomic E-state index is 5.72. The van der Waals surface area contributed by atoms with Gasteiger partial charge in [0.15, 0.2) is 6.29 Å². The van der Waals surface area contributed by atoms with Crippen LogP contribution in [0.4, 0.5) is 0 Å². The molecule has 0 radical (unpaired) electrons. The largest absolute Gasteiger partial charge is 0.350 e. The highest BCUT2D eigenvalue weighted by Crippen LogP contribution is 2.16. The second-order valence-corrected chi connectivity index (χ2v) is 13.0. The lowest BCUT2D eigenvalue weighted by Gasteiger charge is -2.08. The standard InChI is InChI=1S/C38H71ClO2/c39-35-33-31-29-27-25-23-21-19-17-15-13-11-9-7-5-3-1-2-4-6-8-10-12-14-16-18-20-22-24-26-28-30-32-34-38-40-36-37-41-38/h11-14,38H,1-10,15-37H2/b13-11+,14-12+. The van der Waals surface area contributed by atoms with Crippen molar-refractivity contribution in [3.8, 4) is 0 Å². The van der Waals surface area contributed by atoms with Crippen molar-refractivity contribution in [3.05, 3.63) is 24.3 Å². The number of ether oxygens (including phenoxy) is 2. The first-order chi connectivity index (χ1) is 20.4. The molecule has 1 fully saturated rings. The molecule has 0 N–H and O–H groups in total. The van der Waals surface area contributed by atoms with Crippen LogP contribution in [0.5, 0.6) is 0 Å². The van der Waals surface area contributed by atoms with Crippen molar-refractivity contribution >= 4 is 11.6 Å². The fraction of sp³-hybridized carbons (Fsp3) is 0.895. The van der Waals surface area contributed by atoms with E-state index in [1.54, 1.807) is 0 Å². The van der Waals surface area contributed by atoms with Gasteiger partial charge in [-0.25, -0.2) is 0 Å². The lowest BCUT2D eigenvalue weighted by Crippen LogP contribution is -2.06. The summed E-state index contributed by atoms with van der Waals surface area (Å²) in [6.45, 7) is 1.58. The number of rotatable bonds is 33. The first kappa shape index (κ1) is 38.7. The van der Waals surface area contributed by atoms with Gasteiger partial charge in [0.2, 0.25) is 0 Å². The lowest BCUT2D eigenvalue weighted by molar-refractivity contribution is -0.0480. The van der Waals surface area contributed by atoms with Crippen LogP contribution in [0.1, 0.15) is 193 Å². The van der Waals surface area contributed by atoms with Gasteiger partial charge in [0, 0.05) is 5.88 Å². The first-order valence-corrected chi connectivity index (χ1v) is 19.1. The highest BCUT2D eigenvalue weighted by Gasteiger charge is 2.14. The highest BCUT2D eigenvalue weighted by molar-refractivity contribution is 6.17. The van der Waals surface area contributed by atoms with Gasteiger partial charge < -0.3 is 9.47 Å². The molecule has 3 heteroatoms. The topological polar surface area (TPSA) is 18.5 Å². The smallest absolute Gasteiger partial charge is 0.157 e. The van der Waals surface area contributed by atoms with Gasteiger partial charge in [-0.2, -0.15) is 0 Å². The summed E-state index contributed by atoms with van der Waals surface area (Å²) in [6.07, 6.45) is 50.8. The van der Waals surface area contributed by atoms with Gasteiger partial charge in [-0.15, -0.1) is 11.6 Å². The quantitative estimate of drug-likeness (QED) is 0.0427. The second kappa shape index (κ2) is 34.2. The maximum Gasteiger partial charge on any atom is 0.157 e. The molecule has 0 spiro atoms. The average molecular weight is 595 g/mol. The SMILES string of the molecule is ClCCCCCCCCCCC/C=C/CCCCCCCCCC/C=C/CCCCCCCCCCC1OCCO1. The predicted molar refractivity (Wildman–Crippen MR) is 183 cm³/mol. The molecule has 41 heavy (non-hydrogen) atoms. The van der Waals surface area contributed by atoms with Gasteiger partial charge in [0.1, 0.15) is 0 Å². The summed E-state index contributed by atoms with van der Waals surface area (Å²) >= 11 is 5.72. The van der Waals surface area contributed by atoms with E-state index in [9.17, 15) is 0 Å². The summed E-state index contributed by atoms with van der Waals surface area (Å²) < 4.78 is 11.0. The van der Waals surface area contributed by atoms with E-state index in [1.165, 1.54) is 186 Å². The van der Waals surface area contributed by atoms with Crippen LogP contribution in [0.2, 0.25) is 0 Å². The Kier molecular flexibility index (Phi) is 32.3. The minimum absolute atomic E-state index is 0.0999. The monoisotopic (exact) mass is 595 g/mol. The van der Waals surface area contributed by atoms with Gasteiger partial charge in [0.05, 0.1) is 13.2 Å². The molecule has 0 aliphatic carbocycles. The van der Waals surface area contributed by atoms with E-state index in [4.69, 9.17) is 21.1 Å². The Morgan fingerprint density at radius 3 is 0.951 bits per heavy atom. The molecule has 1 aliphatic heterocycles. The van der Waals surface area contributed by atoms with Crippen LogP contribution in [0.15, 0.2) is 24.3 Å². The minimum Gasteiger partial charge on any atom is -0.350 e. The Balaban J connectivity index is 1.65. The number of halogens is 1. The maximum atomic E-state index is 5.72. The molecule has 0 aromatic rings. The van der Waals surface area contributed by atoms with Crippen LogP contribution in [-0.2, 0) is 9.47 Å². The van der Waals surface area contributed by atoms with E-state index < -0.39 is 0 Å². The molecule has 1 saturated heterocycles. The number of alkyl halides is 1. The normalized spacial score (nSPS) is 14.4. The summed E-state index contributed by atoms with van der Waals surface area (Å²) in [5, 5.41) is 0. The van der Waals surface area contributed by atoms with Gasteiger partial charge >= 0.3 is 0 Å². The molecule has 0 aromatic heterocycles. The van der Waals surface area contributed by atoms with E-state index in [0.29, 0.717) is 0 Å². The van der Waals surface area contributed by atoms with Crippen LogP contribution in [0, 0.1) is 0 Å². The third-order valence-corrected chi connectivity index (χ3v) is 8.85. The Hall–Kier alpha value is -0.310. The molecule has 0 saturated carbocycles. The average Bonchev–Trinajstić information content (AvgIpc) is 3.51. The molecular formula is C38H71ClO2. The van der Waals surface area contributed by atoms with Crippen molar-refractivity contribution in [2.75, 3.05) is 19.1 Å². The minimum atomic E-state index is 0.0999. The summed E-state index contributed by atoms with van der Waals surface area (Å²) in [5.74, 6) is 0.836. The Morgan fingerprint density at radius 1 is 0.366 bits per heavy atom. The van der Waals surface area contributed by atoms with Crippen LogP contribution >= 0.6 is 11.6 Å². The number of unbranched alkanes of at least 4 members (excludes halogenated alkanes) is 26. The molecule has 242 valence electrons. The van der Waals surface area contributed by atoms with Crippen molar-refractivity contribution in [1.29, 1.82) is 0 Å². The Bertz CT molecular complexity index is 540. The molecule has 0 unspecified atom stereocenters. The third kappa shape index (κ3) is 30.9. The van der Waals surface area contributed by atoms with E-state index in [2.05, 4.69) is 24.3 Å². The van der Waals surface area contributed by atoms with Gasteiger partial charge in [-0.1, -0.05) is 146 Å². The summed E-state index contributed by atoms with van der Waals surface area (Å²) in [4.78, 5) is 0. The van der Waals surface area contributed by atoms with Gasteiger partial charge in [0.25, 0.3) is 0 Å². The van der Waals surface area contributed by atoms with Crippen LogP contribution in [0.25, 0.3) is 0 Å². The van der Waals surface area contributed by atoms with E-state index >= 15 is 0 Å². The Morgan fingerprint density at radius 2 is 0.634 bits per heavy atom. The molecule has 0 aromatic carbocycles. The van der Waals surface area contributed by atoms with Crippen molar-refractivity contribution in [2.24, 2.45) is 0 Å². The van der Waals surface area contributed by atoms with E-state index in [0.717, 1.165) is 25.5 Å². The first-order valence-electron chi connectivity index (χ1n) is 18.5. The van der Waals surface area contributed by atoms with E-state index in [-0.39, 0.29) is 6.29 Å². The number of allylic oxidation sites excluding steroid dienone is 4. The number of hydrogen-bond donors (Lipinski definition) is 0. The van der Waals surface area contributed by atoms with Crippen molar-refractivity contribution in [3.63, 3.8) is 0 Å². The molecule has 1 heterocycles. The van der Waals surface area contributed by atoms with Crippen molar-refractivity contribution in [2.45, 2.75) is 199 Å². The fourth-order valence-corrected chi connectivity index (χ4v) is 6.05. The summed E-state index contributed by atoms with van der Waals surface area (Å²) in [6, 6.07) is 0. The zero-order valence-electron chi connectivity index (χ0n) is 27.4. The zero-order chi connectivity index (χ0) is 29.2. The molecule has 1 aliphatic rings. The molecule has 2 nitrogen and oxygen atoms in total. The predicted octanol–water partition coefficient (Wildman–Crippen LogP) is 13.4. The molecule has 0 amide bonds. The van der Waals surface area contributed by atoms with Crippen LogP contribution < -0.4 is 0 Å². The van der Waals surface area contributed by atoms with Crippen molar-refractivity contribution in [1.82, 2.24) is 0 Å². The van der Waals surface area contributed by atoms with Crippen molar-refractivity contribution < 1.29 is 9.47 Å². The molecular weight excluding hydrogens is 524 g/mol. The van der Waals surface area contributed by atoms with Crippen LogP contribution in [0.3, 0.4) is 0 Å². The summed E-state index contributed by atoms with van der Waals surface area (Å²) in [7, 11) is 0. The summed E-state index contributed by atoms with van der Waals surface area (Å²) in [5.41, 5.74) is 0. The fourth-order valence-electron chi connectivity index (χ4n) is 5.86. The molecule has 0 atom stereocenters. The van der Waals surface area contributed by atoms with Gasteiger partial charge in [-0.05, 0) is 70.6 Å². The Labute approximate surface area is 262 Å². The van der Waals surface area contributed by atoms with Gasteiger partial charge in [-0.3, -0.25) is 0 Å². The number of hydrogen-bond acceptors (Lipinski definition) is 2. The highest BCUT2D eigenvalue weighted by atomic mass is 35.5. The van der Waals surface area contributed by atoms with E-state index in [1.807, 2.05) is 0 Å². The van der Waals surface area contributed by atoms with Crippen LogP contribution in [-0.4, -0.2) is 25.4 Å². The third-order valence-electron chi connectivity index (χ3n) is 8.58.